The first-order valence-corrected chi connectivity index (χ1v) is 41.8. The van der Waals surface area contributed by atoms with Crippen LogP contribution in [0.3, 0.4) is 0 Å². The monoisotopic (exact) mass is 1440 g/mol. The average Bonchev–Trinajstić information content (AvgIpc) is 0.965. The lowest BCUT2D eigenvalue weighted by atomic mass is 10.0. The Morgan fingerprint density at radius 3 is 0.840 bits per heavy atom. The van der Waals surface area contributed by atoms with Crippen molar-refractivity contribution in [2.75, 3.05) is 39.6 Å². The number of carbonyl (C=O) groups is 4. The summed E-state index contributed by atoms with van der Waals surface area (Å²) in [5.41, 5.74) is 0. The molecule has 0 aliphatic rings. The quantitative estimate of drug-likeness (QED) is 0.0169. The van der Waals surface area contributed by atoms with E-state index in [0.717, 1.165) is 161 Å². The van der Waals surface area contributed by atoms with Crippen LogP contribution < -0.4 is 0 Å². The molecular formula is C81H138O17P2. The third-order valence-corrected chi connectivity index (χ3v) is 17.8. The molecule has 0 amide bonds. The van der Waals surface area contributed by atoms with E-state index in [9.17, 15) is 43.2 Å². The fraction of sp³-hybridized carbons (Fsp3) is 0.704. The molecule has 0 aliphatic heterocycles. The van der Waals surface area contributed by atoms with Gasteiger partial charge in [0.05, 0.1) is 26.4 Å². The molecule has 19 heteroatoms. The fourth-order valence-corrected chi connectivity index (χ4v) is 11.6. The summed E-state index contributed by atoms with van der Waals surface area (Å²) in [5.74, 6) is -2.26. The number of aliphatic hydroxyl groups is 1. The van der Waals surface area contributed by atoms with Crippen LogP contribution in [0.25, 0.3) is 0 Å². The van der Waals surface area contributed by atoms with Gasteiger partial charge >= 0.3 is 39.5 Å². The van der Waals surface area contributed by atoms with Crippen LogP contribution in [-0.2, 0) is 65.4 Å². The second-order valence-corrected chi connectivity index (χ2v) is 28.4. The number of rotatable bonds is 72. The SMILES string of the molecule is CC/C=C\C/C=C\C/C=C\C/C=C\CCCCCCC(=O)OCC(COP(=O)(O)OCC(O)COP(=O)(O)OCC(COC(=O)CCCC/C=C\C/C=C\C/C=C\C/C=C\CC)OC(=O)CCCCCCC/C=C\C/C=C\CCCCC)OC(=O)CCCCCCCCCCCCCCC. The smallest absolute Gasteiger partial charge is 0.462 e. The van der Waals surface area contributed by atoms with Gasteiger partial charge in [0.1, 0.15) is 19.3 Å². The summed E-state index contributed by atoms with van der Waals surface area (Å²) in [7, 11) is -9.97. The molecule has 0 aromatic heterocycles. The molecule has 5 atom stereocenters. The van der Waals surface area contributed by atoms with Crippen LogP contribution in [0.5, 0.6) is 0 Å². The van der Waals surface area contributed by atoms with Crippen LogP contribution in [-0.4, -0.2) is 96.7 Å². The fourth-order valence-electron chi connectivity index (χ4n) is 10.1. The van der Waals surface area contributed by atoms with Gasteiger partial charge in [-0.3, -0.25) is 37.3 Å². The number of aliphatic hydroxyl groups excluding tert-OH is 1. The molecule has 0 heterocycles. The van der Waals surface area contributed by atoms with E-state index in [0.29, 0.717) is 25.7 Å². The second kappa shape index (κ2) is 72.8. The van der Waals surface area contributed by atoms with E-state index in [1.54, 1.807) is 0 Å². The topological polar surface area (TPSA) is 237 Å². The third kappa shape index (κ3) is 71.8. The zero-order valence-electron chi connectivity index (χ0n) is 62.6. The summed E-state index contributed by atoms with van der Waals surface area (Å²) in [6, 6.07) is 0. The van der Waals surface area contributed by atoms with Gasteiger partial charge in [-0.1, -0.05) is 271 Å². The van der Waals surface area contributed by atoms with Gasteiger partial charge in [-0.15, -0.1) is 0 Å². The molecule has 0 saturated heterocycles. The maximum Gasteiger partial charge on any atom is 0.472 e. The van der Waals surface area contributed by atoms with Gasteiger partial charge < -0.3 is 33.8 Å². The van der Waals surface area contributed by atoms with E-state index in [2.05, 4.69) is 149 Å². The summed E-state index contributed by atoms with van der Waals surface area (Å²) in [6.07, 6.45) is 79.0. The number of ether oxygens (including phenoxy) is 4. The predicted molar refractivity (Wildman–Crippen MR) is 408 cm³/mol. The number of hydrogen-bond acceptors (Lipinski definition) is 15. The molecule has 3 N–H and O–H groups in total. The Labute approximate surface area is 606 Å². The van der Waals surface area contributed by atoms with Crippen molar-refractivity contribution < 1.29 is 80.2 Å². The molecule has 0 radical (unpaired) electrons. The number of unbranched alkanes of at least 4 members (excludes halogenated alkanes) is 26. The van der Waals surface area contributed by atoms with Crippen LogP contribution in [0.2, 0.25) is 0 Å². The van der Waals surface area contributed by atoms with Crippen molar-refractivity contribution in [1.82, 2.24) is 0 Å². The second-order valence-electron chi connectivity index (χ2n) is 25.5. The molecule has 5 unspecified atom stereocenters. The van der Waals surface area contributed by atoms with E-state index in [1.165, 1.54) is 70.6 Å². The van der Waals surface area contributed by atoms with Crippen molar-refractivity contribution in [2.45, 2.75) is 329 Å². The van der Waals surface area contributed by atoms with Gasteiger partial charge in [0, 0.05) is 25.7 Å². The molecule has 0 rings (SSSR count). The minimum absolute atomic E-state index is 0.0677. The minimum Gasteiger partial charge on any atom is -0.462 e. The highest BCUT2D eigenvalue weighted by Gasteiger charge is 2.30. The first-order valence-electron chi connectivity index (χ1n) is 38.8. The molecule has 574 valence electrons. The lowest BCUT2D eigenvalue weighted by Crippen LogP contribution is -2.30. The molecule has 0 spiro atoms. The van der Waals surface area contributed by atoms with Crippen molar-refractivity contribution in [3.8, 4) is 0 Å². The lowest BCUT2D eigenvalue weighted by molar-refractivity contribution is -0.161. The highest BCUT2D eigenvalue weighted by molar-refractivity contribution is 7.47. The molecule has 0 aromatic carbocycles. The van der Waals surface area contributed by atoms with Crippen LogP contribution in [0.1, 0.15) is 310 Å². The van der Waals surface area contributed by atoms with Gasteiger partial charge in [0.15, 0.2) is 12.2 Å². The van der Waals surface area contributed by atoms with Crippen molar-refractivity contribution in [2.24, 2.45) is 0 Å². The molecule has 0 aromatic rings. The molecule has 17 nitrogen and oxygen atoms in total. The first kappa shape index (κ1) is 95.5. The highest BCUT2D eigenvalue weighted by Crippen LogP contribution is 2.45. The Hall–Kier alpha value is -4.54. The van der Waals surface area contributed by atoms with Gasteiger partial charge in [0.25, 0.3) is 0 Å². The summed E-state index contributed by atoms with van der Waals surface area (Å²) in [6.45, 7) is 4.54. The van der Waals surface area contributed by atoms with Gasteiger partial charge in [-0.25, -0.2) is 9.13 Å². The van der Waals surface area contributed by atoms with E-state index in [1.807, 2.05) is 0 Å². The minimum atomic E-state index is -4.99. The van der Waals surface area contributed by atoms with Crippen molar-refractivity contribution in [1.29, 1.82) is 0 Å². The molecule has 0 fully saturated rings. The molecule has 100 heavy (non-hydrogen) atoms. The zero-order chi connectivity index (χ0) is 73.2. The van der Waals surface area contributed by atoms with Crippen molar-refractivity contribution in [3.63, 3.8) is 0 Å². The van der Waals surface area contributed by atoms with Crippen LogP contribution in [0, 0.1) is 0 Å². The van der Waals surface area contributed by atoms with Crippen LogP contribution in [0.4, 0.5) is 0 Å². The maximum absolute atomic E-state index is 13.1. The molecular weight excluding hydrogens is 1310 g/mol. The number of phosphoric acid groups is 2. The Morgan fingerprint density at radius 2 is 0.520 bits per heavy atom. The zero-order valence-corrected chi connectivity index (χ0v) is 64.4. The van der Waals surface area contributed by atoms with Gasteiger partial charge in [0.2, 0.25) is 0 Å². The molecule has 0 saturated carbocycles. The molecule has 0 bridgehead atoms. The van der Waals surface area contributed by atoms with Crippen molar-refractivity contribution >= 4 is 39.5 Å². The predicted octanol–water partition coefficient (Wildman–Crippen LogP) is 22.3. The van der Waals surface area contributed by atoms with E-state index < -0.39 is 97.5 Å². The van der Waals surface area contributed by atoms with Crippen LogP contribution >= 0.6 is 15.6 Å². The Balaban J connectivity index is 5.41. The number of allylic oxidation sites excluding steroid dienone is 20. The van der Waals surface area contributed by atoms with Gasteiger partial charge in [-0.2, -0.15) is 0 Å². The summed E-state index contributed by atoms with van der Waals surface area (Å²) in [5, 5.41) is 10.6. The number of hydrogen-bond donors (Lipinski definition) is 3. The van der Waals surface area contributed by atoms with Gasteiger partial charge in [-0.05, 0) is 135 Å². The van der Waals surface area contributed by atoms with Crippen LogP contribution in [0.15, 0.2) is 122 Å². The first-order chi connectivity index (χ1) is 48.7. The average molecular weight is 1450 g/mol. The number of phosphoric ester groups is 2. The van der Waals surface area contributed by atoms with E-state index in [-0.39, 0.29) is 25.7 Å². The molecule has 0 aliphatic carbocycles. The summed E-state index contributed by atoms with van der Waals surface area (Å²) < 4.78 is 68.5. The maximum atomic E-state index is 13.1. The number of carbonyl (C=O) groups excluding carboxylic acids is 4. The summed E-state index contributed by atoms with van der Waals surface area (Å²) in [4.78, 5) is 72.9. The Bertz CT molecular complexity index is 2370. The normalized spacial score (nSPS) is 14.6. The standard InChI is InChI=1S/C81H138O17P2/c1-5-9-13-17-21-25-29-33-36-37-40-43-46-50-54-58-62-66-79(84)92-71-76(97-80(85)67-63-59-55-51-47-41-32-28-24-20-16-12-8-4)73-95-99(87,88)93-69-75(82)70-94-100(89,90)96-74-77(98-81(86)68-64-60-56-52-48-44-39-35-31-27-23-19-15-11-7-3)72-91-78(83)65-61-57-53-49-45-42-38-34-30-26-22-18-14-10-6-2/h9-10,13-14,21-23,25-27,33-36,38-40,43,45,49,75-77,82H,5-8,11-12,15-20,24,28-32,37,41-42,44,46-48,50-74H2,1-4H3,(H,87,88)(H,89,90)/b13-9-,14-10-,25-21-,26-22-,27-23-,36-33-,38-34-,39-35-,43-40-,49-45-. The Kier molecular flexibility index (Phi) is 69.5. The summed E-state index contributed by atoms with van der Waals surface area (Å²) >= 11 is 0. The lowest BCUT2D eigenvalue weighted by Gasteiger charge is -2.21. The van der Waals surface area contributed by atoms with E-state index >= 15 is 0 Å². The largest absolute Gasteiger partial charge is 0.472 e. The van der Waals surface area contributed by atoms with Crippen molar-refractivity contribution in [3.05, 3.63) is 122 Å². The Morgan fingerprint density at radius 1 is 0.290 bits per heavy atom. The number of esters is 4. The third-order valence-electron chi connectivity index (χ3n) is 15.9. The highest BCUT2D eigenvalue weighted by atomic mass is 31.2. The van der Waals surface area contributed by atoms with E-state index in [4.69, 9.17) is 37.0 Å².